The number of carboxylic acid groups (broad SMARTS) is 1. The number of nitrogens with one attached hydrogen (secondary N) is 2. The molecular formula is C16H18N3O6-. The minimum absolute atomic E-state index is 0.0670. The second-order valence-electron chi connectivity index (χ2n) is 5.29. The van der Waals surface area contributed by atoms with Gasteiger partial charge >= 0.3 is 11.8 Å². The third kappa shape index (κ3) is 5.28. The van der Waals surface area contributed by atoms with E-state index in [-0.39, 0.29) is 24.0 Å². The second-order valence-corrected chi connectivity index (χ2v) is 5.29. The first-order valence-corrected chi connectivity index (χ1v) is 7.63. The van der Waals surface area contributed by atoms with Gasteiger partial charge in [0.1, 0.15) is 5.75 Å². The number of carbonyl (C=O) groups is 3. The number of hydrazone groups is 1. The molecule has 9 heteroatoms. The van der Waals surface area contributed by atoms with Gasteiger partial charge in [0.05, 0.1) is 25.4 Å². The SMILES string of the molecule is COc1ccc(/C=N\NC(=O)C(=O)NC[C@@H]2CCCO2)cc1C(=O)[O-]. The Morgan fingerprint density at radius 2 is 2.20 bits per heavy atom. The Labute approximate surface area is 144 Å². The van der Waals surface area contributed by atoms with E-state index in [1.807, 2.05) is 0 Å². The van der Waals surface area contributed by atoms with Crippen LogP contribution in [0.4, 0.5) is 0 Å². The lowest BCUT2D eigenvalue weighted by Crippen LogP contribution is -2.41. The molecule has 1 aromatic carbocycles. The van der Waals surface area contributed by atoms with E-state index in [1.54, 1.807) is 6.07 Å². The summed E-state index contributed by atoms with van der Waals surface area (Å²) in [6.07, 6.45) is 2.92. The molecule has 2 N–H and O–H groups in total. The van der Waals surface area contributed by atoms with Crippen molar-refractivity contribution in [3.8, 4) is 5.75 Å². The molecule has 0 unspecified atom stereocenters. The molecule has 0 saturated carbocycles. The predicted octanol–water partition coefficient (Wildman–Crippen LogP) is -1.20. The fourth-order valence-corrected chi connectivity index (χ4v) is 2.27. The molecule has 0 spiro atoms. The molecule has 1 aromatic rings. The predicted molar refractivity (Wildman–Crippen MR) is 85.0 cm³/mol. The van der Waals surface area contributed by atoms with Crippen LogP contribution < -0.4 is 20.6 Å². The van der Waals surface area contributed by atoms with Crippen molar-refractivity contribution in [3.05, 3.63) is 29.3 Å². The standard InChI is InChI=1S/C16H19N3O6/c1-24-13-5-4-10(7-12(13)16(22)23)8-18-19-15(21)14(20)17-9-11-3-2-6-25-11/h4-5,7-8,11H,2-3,6,9H2,1H3,(H,17,20)(H,19,21)(H,22,23)/p-1/b18-8-/t11-/m0/s1. The van der Waals surface area contributed by atoms with Crippen LogP contribution in [-0.4, -0.2) is 50.4 Å². The molecular weight excluding hydrogens is 330 g/mol. The van der Waals surface area contributed by atoms with Crippen LogP contribution in [0.15, 0.2) is 23.3 Å². The summed E-state index contributed by atoms with van der Waals surface area (Å²) < 4.78 is 10.2. The Balaban J connectivity index is 1.86. The summed E-state index contributed by atoms with van der Waals surface area (Å²) in [5.41, 5.74) is 2.31. The normalized spacial score (nSPS) is 16.6. The van der Waals surface area contributed by atoms with Crippen molar-refractivity contribution in [2.45, 2.75) is 18.9 Å². The number of hydrogen-bond acceptors (Lipinski definition) is 7. The zero-order valence-electron chi connectivity index (χ0n) is 13.6. The van der Waals surface area contributed by atoms with Crippen LogP contribution in [0, 0.1) is 0 Å². The van der Waals surface area contributed by atoms with Gasteiger partial charge in [-0.2, -0.15) is 5.10 Å². The van der Waals surface area contributed by atoms with Gasteiger partial charge in [-0.15, -0.1) is 0 Å². The highest BCUT2D eigenvalue weighted by molar-refractivity contribution is 6.35. The molecule has 1 fully saturated rings. The molecule has 1 saturated heterocycles. The van der Waals surface area contributed by atoms with E-state index in [1.165, 1.54) is 25.5 Å². The average Bonchev–Trinajstić information content (AvgIpc) is 3.12. The van der Waals surface area contributed by atoms with Gasteiger partial charge in [-0.05, 0) is 36.6 Å². The molecule has 9 nitrogen and oxygen atoms in total. The van der Waals surface area contributed by atoms with Crippen molar-refractivity contribution < 1.29 is 29.0 Å². The quantitative estimate of drug-likeness (QED) is 0.378. The van der Waals surface area contributed by atoms with Crippen LogP contribution in [0.25, 0.3) is 0 Å². The molecule has 2 rings (SSSR count). The number of nitrogens with zero attached hydrogens (tertiary/aromatic N) is 1. The summed E-state index contributed by atoms with van der Waals surface area (Å²) >= 11 is 0. The van der Waals surface area contributed by atoms with Crippen molar-refractivity contribution in [2.24, 2.45) is 5.10 Å². The molecule has 1 aliphatic rings. The Kier molecular flexibility index (Phi) is 6.47. The molecule has 134 valence electrons. The lowest BCUT2D eigenvalue weighted by atomic mass is 10.1. The number of methoxy groups -OCH3 is 1. The van der Waals surface area contributed by atoms with Crippen molar-refractivity contribution in [1.82, 2.24) is 10.7 Å². The molecule has 0 aliphatic carbocycles. The number of ether oxygens (including phenoxy) is 2. The molecule has 2 amide bonds. The number of amides is 2. The Bertz CT molecular complexity index is 682. The minimum Gasteiger partial charge on any atom is -0.545 e. The molecule has 1 aliphatic heterocycles. The van der Waals surface area contributed by atoms with Crippen LogP contribution in [0.3, 0.4) is 0 Å². The maximum absolute atomic E-state index is 11.6. The van der Waals surface area contributed by atoms with Gasteiger partial charge in [0, 0.05) is 18.7 Å². The number of benzene rings is 1. The van der Waals surface area contributed by atoms with Gasteiger partial charge < -0.3 is 24.7 Å². The molecule has 1 heterocycles. The largest absolute Gasteiger partial charge is 0.545 e. The van der Waals surface area contributed by atoms with Gasteiger partial charge in [0.2, 0.25) is 0 Å². The first kappa shape index (κ1) is 18.4. The monoisotopic (exact) mass is 348 g/mol. The second kappa shape index (κ2) is 8.78. The van der Waals surface area contributed by atoms with Crippen LogP contribution in [0.1, 0.15) is 28.8 Å². The van der Waals surface area contributed by atoms with Gasteiger partial charge in [0.25, 0.3) is 0 Å². The third-order valence-corrected chi connectivity index (χ3v) is 3.54. The lowest BCUT2D eigenvalue weighted by molar-refractivity contribution is -0.255. The van der Waals surface area contributed by atoms with Gasteiger partial charge in [-0.1, -0.05) is 0 Å². The van der Waals surface area contributed by atoms with E-state index in [0.717, 1.165) is 12.8 Å². The summed E-state index contributed by atoms with van der Waals surface area (Å²) in [7, 11) is 1.34. The smallest absolute Gasteiger partial charge is 0.329 e. The maximum Gasteiger partial charge on any atom is 0.329 e. The number of hydrogen-bond donors (Lipinski definition) is 2. The highest BCUT2D eigenvalue weighted by atomic mass is 16.5. The fourth-order valence-electron chi connectivity index (χ4n) is 2.27. The van der Waals surface area contributed by atoms with Crippen LogP contribution in [-0.2, 0) is 14.3 Å². The van der Waals surface area contributed by atoms with E-state index >= 15 is 0 Å². The topological polar surface area (TPSA) is 129 Å². The van der Waals surface area contributed by atoms with Crippen LogP contribution in [0.2, 0.25) is 0 Å². The number of carbonyl (C=O) groups excluding carboxylic acids is 3. The highest BCUT2D eigenvalue weighted by Crippen LogP contribution is 2.18. The van der Waals surface area contributed by atoms with Crippen molar-refractivity contribution in [2.75, 3.05) is 20.3 Å². The van der Waals surface area contributed by atoms with Crippen molar-refractivity contribution in [1.29, 1.82) is 0 Å². The Hall–Kier alpha value is -2.94. The van der Waals surface area contributed by atoms with E-state index in [0.29, 0.717) is 12.2 Å². The van der Waals surface area contributed by atoms with E-state index in [4.69, 9.17) is 9.47 Å². The average molecular weight is 348 g/mol. The van der Waals surface area contributed by atoms with Gasteiger partial charge in [-0.25, -0.2) is 5.43 Å². The first-order chi connectivity index (χ1) is 12.0. The lowest BCUT2D eigenvalue weighted by Gasteiger charge is -2.10. The fraction of sp³-hybridized carbons (Fsp3) is 0.375. The zero-order valence-corrected chi connectivity index (χ0v) is 13.6. The molecule has 1 atom stereocenters. The number of aromatic carboxylic acids is 1. The summed E-state index contributed by atoms with van der Waals surface area (Å²) in [5.74, 6) is -3.00. The molecule has 0 aromatic heterocycles. The summed E-state index contributed by atoms with van der Waals surface area (Å²) in [6, 6.07) is 4.25. The molecule has 0 radical (unpaired) electrons. The summed E-state index contributed by atoms with van der Waals surface area (Å²) in [6.45, 7) is 0.927. The highest BCUT2D eigenvalue weighted by Gasteiger charge is 2.18. The minimum atomic E-state index is -1.40. The number of carboxylic acids is 1. The van der Waals surface area contributed by atoms with Crippen molar-refractivity contribution in [3.63, 3.8) is 0 Å². The van der Waals surface area contributed by atoms with Gasteiger partial charge in [-0.3, -0.25) is 9.59 Å². The molecule has 0 bridgehead atoms. The zero-order chi connectivity index (χ0) is 18.2. The Morgan fingerprint density at radius 3 is 2.84 bits per heavy atom. The Morgan fingerprint density at radius 1 is 1.40 bits per heavy atom. The van der Waals surface area contributed by atoms with Crippen LogP contribution >= 0.6 is 0 Å². The van der Waals surface area contributed by atoms with E-state index in [2.05, 4.69) is 15.8 Å². The van der Waals surface area contributed by atoms with Gasteiger partial charge in [0.15, 0.2) is 0 Å². The number of rotatable bonds is 6. The summed E-state index contributed by atoms with van der Waals surface area (Å²) in [4.78, 5) is 34.2. The maximum atomic E-state index is 11.6. The third-order valence-electron chi connectivity index (χ3n) is 3.54. The summed E-state index contributed by atoms with van der Waals surface area (Å²) in [5, 5.41) is 17.1. The van der Waals surface area contributed by atoms with Crippen molar-refractivity contribution >= 4 is 24.0 Å². The van der Waals surface area contributed by atoms with E-state index < -0.39 is 17.8 Å². The van der Waals surface area contributed by atoms with Crippen LogP contribution in [0.5, 0.6) is 5.75 Å². The first-order valence-electron chi connectivity index (χ1n) is 7.63. The molecule has 25 heavy (non-hydrogen) atoms. The van der Waals surface area contributed by atoms with E-state index in [9.17, 15) is 19.5 Å².